The third-order valence-corrected chi connectivity index (χ3v) is 14.1. The third-order valence-electron chi connectivity index (χ3n) is 7.71. The molecule has 0 aliphatic rings. The van der Waals surface area contributed by atoms with E-state index in [1.807, 2.05) is 24.3 Å². The van der Waals surface area contributed by atoms with Crippen LogP contribution >= 0.6 is 22.6 Å². The molecule has 0 amide bonds. The molecule has 59 heavy (non-hydrogen) atoms. The molecule has 0 unspecified atom stereocenters. The molecule has 0 atom stereocenters. The predicted octanol–water partition coefficient (Wildman–Crippen LogP) is 6.72. The van der Waals surface area contributed by atoms with Gasteiger partial charge in [-0.15, -0.1) is 0 Å². The molecule has 3 aromatic rings. The molecule has 0 saturated carbocycles. The summed E-state index contributed by atoms with van der Waals surface area (Å²) in [6.07, 6.45) is 0. The fraction of sp³-hybridized carbons (Fsp3) is 0.581. The number of hydrogen-bond donors (Lipinski definition) is 0. The van der Waals surface area contributed by atoms with Gasteiger partial charge in [0.25, 0.3) is 0 Å². The molecule has 0 N–H and O–H groups in total. The van der Waals surface area contributed by atoms with Gasteiger partial charge in [0.05, 0.1) is 13.1 Å². The summed E-state index contributed by atoms with van der Waals surface area (Å²) in [5.41, 5.74) is 0.315. The van der Waals surface area contributed by atoms with Gasteiger partial charge >= 0.3 is 285 Å². The Morgan fingerprint density at radius 3 is 1.12 bits per heavy atom. The summed E-state index contributed by atoms with van der Waals surface area (Å²) in [6, 6.07) is 11.9. The molecule has 2 aromatic carbocycles. The Morgan fingerprint density at radius 2 is 0.814 bits per heavy atom. The van der Waals surface area contributed by atoms with E-state index < -0.39 is 64.7 Å². The first-order chi connectivity index (χ1) is 26.8. The molecule has 1 heterocycles. The molecule has 0 radical (unpaired) electrons. The van der Waals surface area contributed by atoms with Crippen LogP contribution in [0.2, 0.25) is 14.8 Å². The van der Waals surface area contributed by atoms with Crippen molar-refractivity contribution in [2.75, 3.05) is 26.2 Å². The van der Waals surface area contributed by atoms with Crippen LogP contribution in [-0.4, -0.2) is 121 Å². The molecule has 0 aliphatic heterocycles. The van der Waals surface area contributed by atoms with Crippen molar-refractivity contribution < 1.29 is 38.1 Å². The van der Waals surface area contributed by atoms with Crippen LogP contribution in [0.3, 0.4) is 0 Å². The van der Waals surface area contributed by atoms with Crippen molar-refractivity contribution in [3.63, 3.8) is 0 Å². The SMILES string of the molecule is CC(C)(C)OC(=O)CN(CC(=O)OC(C)(C)C)Cc1cc(I)cc(-c2nnc(-c3cc(CN(CC(=O)OC(C)(C)C)CC(=O)OC(C)(C)C)c[c]([Sn]([CH3])([CH3])[CH3])c3)nn2)c1. The Labute approximate surface area is 367 Å². The molecule has 0 saturated heterocycles. The fourth-order valence-electron chi connectivity index (χ4n) is 5.75. The minimum absolute atomic E-state index is 0.110. The van der Waals surface area contributed by atoms with Gasteiger partial charge in [-0.1, -0.05) is 0 Å². The normalized spacial score (nSPS) is 12.7. The number of aromatic nitrogens is 4. The van der Waals surface area contributed by atoms with Gasteiger partial charge in [-0.3, -0.25) is 9.59 Å². The number of nitrogens with zero attached hydrogens (tertiary/aromatic N) is 6. The van der Waals surface area contributed by atoms with E-state index in [1.165, 1.54) is 3.58 Å². The second-order valence-electron chi connectivity index (χ2n) is 19.7. The van der Waals surface area contributed by atoms with E-state index in [1.54, 1.807) is 92.9 Å². The quantitative estimate of drug-likeness (QED) is 0.0682. The number of halogens is 1. The minimum atomic E-state index is -2.74. The maximum atomic E-state index is 13.0. The molecule has 0 fully saturated rings. The number of carbonyl (C=O) groups excluding carboxylic acids is 4. The van der Waals surface area contributed by atoms with Crippen molar-refractivity contribution >= 4 is 68.4 Å². The standard InChI is InChI=1S/C40H54IN6O8.3CH3.Sn/c1-37(2,3)52-31(48)22-46(23-32(49)53-38(4,5)6)20-26-14-13-15-28(16-26)35-42-44-36(45-43-35)29-17-27(18-30(41)19-29)21-47(24-33(50)54-39(7,8)9)25-34(51)55-40(10,11)12;;;;/h14-19H,20-25H2,1-12H3;3*1H3;. The maximum absolute atomic E-state index is 13.0. The van der Waals surface area contributed by atoms with Gasteiger partial charge in [0.1, 0.15) is 11.2 Å². The van der Waals surface area contributed by atoms with E-state index in [-0.39, 0.29) is 39.3 Å². The van der Waals surface area contributed by atoms with E-state index in [2.05, 4.69) is 69.9 Å². The van der Waals surface area contributed by atoms with Gasteiger partial charge in [-0.2, -0.15) is 0 Å². The van der Waals surface area contributed by atoms with E-state index in [0.29, 0.717) is 22.8 Å². The molecule has 324 valence electrons. The van der Waals surface area contributed by atoms with Crippen LogP contribution in [-0.2, 0) is 51.2 Å². The molecule has 0 aliphatic carbocycles. The Kier molecular flexibility index (Phi) is 17.0. The second kappa shape index (κ2) is 20.1. The van der Waals surface area contributed by atoms with Crippen LogP contribution in [0.15, 0.2) is 36.4 Å². The summed E-state index contributed by atoms with van der Waals surface area (Å²) in [7, 11) is 0. The van der Waals surface area contributed by atoms with Crippen LogP contribution in [0.4, 0.5) is 0 Å². The molecular formula is C43H63IN6O8Sn. The topological polar surface area (TPSA) is 163 Å². The summed E-state index contributed by atoms with van der Waals surface area (Å²) < 4.78 is 24.4. The van der Waals surface area contributed by atoms with Crippen LogP contribution in [0.25, 0.3) is 22.8 Å². The van der Waals surface area contributed by atoms with Gasteiger partial charge in [0.15, 0.2) is 0 Å². The van der Waals surface area contributed by atoms with Crippen LogP contribution in [0.5, 0.6) is 0 Å². The summed E-state index contributed by atoms with van der Waals surface area (Å²) in [4.78, 5) is 62.0. The zero-order valence-electron chi connectivity index (χ0n) is 37.5. The fourth-order valence-corrected chi connectivity index (χ4v) is 9.93. The Morgan fingerprint density at radius 1 is 0.508 bits per heavy atom. The van der Waals surface area contributed by atoms with Gasteiger partial charge in [0.2, 0.25) is 0 Å². The molecule has 0 spiro atoms. The van der Waals surface area contributed by atoms with Crippen molar-refractivity contribution in [2.45, 2.75) is 133 Å². The molecule has 3 rings (SSSR count). The summed E-state index contributed by atoms with van der Waals surface area (Å²) >= 11 is -0.534. The molecule has 16 heteroatoms. The number of hydrogen-bond acceptors (Lipinski definition) is 14. The van der Waals surface area contributed by atoms with Gasteiger partial charge < -0.3 is 9.47 Å². The van der Waals surface area contributed by atoms with Crippen molar-refractivity contribution in [2.24, 2.45) is 0 Å². The number of esters is 4. The van der Waals surface area contributed by atoms with Crippen molar-refractivity contribution in [1.82, 2.24) is 30.2 Å². The molecule has 14 nitrogen and oxygen atoms in total. The monoisotopic (exact) mass is 1040 g/mol. The zero-order chi connectivity index (χ0) is 44.7. The van der Waals surface area contributed by atoms with Crippen molar-refractivity contribution in [3.8, 4) is 22.8 Å². The third kappa shape index (κ3) is 19.3. The number of benzene rings is 2. The van der Waals surface area contributed by atoms with Crippen LogP contribution in [0, 0.1) is 3.57 Å². The first-order valence-corrected chi connectivity index (χ1v) is 30.7. The number of ether oxygens (including phenoxy) is 4. The first-order valence-electron chi connectivity index (χ1n) is 19.7. The zero-order valence-corrected chi connectivity index (χ0v) is 42.5. The van der Waals surface area contributed by atoms with Gasteiger partial charge in [-0.05, 0) is 41.5 Å². The average molecular weight is 1040 g/mol. The number of rotatable bonds is 15. The summed E-state index contributed by atoms with van der Waals surface area (Å²) in [5.74, 6) is -1.19. The van der Waals surface area contributed by atoms with E-state index in [0.717, 1.165) is 14.7 Å². The Balaban J connectivity index is 1.96. The van der Waals surface area contributed by atoms with Crippen LogP contribution < -0.4 is 3.58 Å². The van der Waals surface area contributed by atoms with E-state index in [4.69, 9.17) is 18.9 Å². The van der Waals surface area contributed by atoms with Gasteiger partial charge in [-0.25, -0.2) is 0 Å². The van der Waals surface area contributed by atoms with Crippen molar-refractivity contribution in [3.05, 3.63) is 51.1 Å². The van der Waals surface area contributed by atoms with Crippen LogP contribution in [0.1, 0.15) is 94.2 Å². The molecule has 0 bridgehead atoms. The van der Waals surface area contributed by atoms with E-state index in [9.17, 15) is 19.2 Å². The van der Waals surface area contributed by atoms with E-state index >= 15 is 0 Å². The van der Waals surface area contributed by atoms with Gasteiger partial charge in [0, 0.05) is 0 Å². The second-order valence-corrected chi connectivity index (χ2v) is 35.4. The Hall–Kier alpha value is -3.29. The Bertz CT molecular complexity index is 1900. The number of carbonyl (C=O) groups is 4. The first kappa shape index (κ1) is 50.1. The summed E-state index contributed by atoms with van der Waals surface area (Å²) in [6.45, 7) is 21.6. The summed E-state index contributed by atoms with van der Waals surface area (Å²) in [5, 5.41) is 18.0. The van der Waals surface area contributed by atoms with Crippen molar-refractivity contribution in [1.29, 1.82) is 0 Å². The molecular weight excluding hydrogens is 974 g/mol. The predicted molar refractivity (Wildman–Crippen MR) is 238 cm³/mol. The average Bonchev–Trinajstić information content (AvgIpc) is 3.00. The molecule has 1 aromatic heterocycles.